The summed E-state index contributed by atoms with van der Waals surface area (Å²) in [6, 6.07) is 5.12. The fourth-order valence-corrected chi connectivity index (χ4v) is 2.87. The standard InChI is InChI=1S/C14H13Cl3N2O/c1-14(2,3)19-13(17)8(7-20)12(18-19)11-9(15)5-4-6-10(11)16/h4-7H,1-3H3. The fourth-order valence-electron chi connectivity index (χ4n) is 1.87. The maximum Gasteiger partial charge on any atom is 0.155 e. The summed E-state index contributed by atoms with van der Waals surface area (Å²) in [7, 11) is 0. The molecule has 0 atom stereocenters. The lowest BCUT2D eigenvalue weighted by molar-refractivity contribution is 0.112. The van der Waals surface area contributed by atoms with Crippen LogP contribution in [0.3, 0.4) is 0 Å². The van der Waals surface area contributed by atoms with Crippen LogP contribution in [0.15, 0.2) is 18.2 Å². The van der Waals surface area contributed by atoms with Crippen LogP contribution in [0.25, 0.3) is 11.3 Å². The lowest BCUT2D eigenvalue weighted by Gasteiger charge is -2.20. The number of hydrogen-bond acceptors (Lipinski definition) is 2. The molecule has 0 fully saturated rings. The zero-order valence-corrected chi connectivity index (χ0v) is 13.5. The molecule has 0 spiro atoms. The molecule has 1 heterocycles. The zero-order valence-electron chi connectivity index (χ0n) is 11.2. The van der Waals surface area contributed by atoms with Gasteiger partial charge in [-0.25, -0.2) is 4.68 Å². The van der Waals surface area contributed by atoms with Crippen LogP contribution in [0.5, 0.6) is 0 Å². The number of rotatable bonds is 2. The van der Waals surface area contributed by atoms with Crippen LogP contribution in [0.4, 0.5) is 0 Å². The van der Waals surface area contributed by atoms with Gasteiger partial charge in [0.1, 0.15) is 10.8 Å². The molecule has 0 unspecified atom stereocenters. The van der Waals surface area contributed by atoms with E-state index in [0.29, 0.717) is 27.6 Å². The van der Waals surface area contributed by atoms with E-state index in [-0.39, 0.29) is 16.3 Å². The Kier molecular flexibility index (Phi) is 4.14. The molecule has 106 valence electrons. The highest BCUT2D eigenvalue weighted by molar-refractivity contribution is 6.39. The smallest absolute Gasteiger partial charge is 0.155 e. The van der Waals surface area contributed by atoms with E-state index in [9.17, 15) is 4.79 Å². The van der Waals surface area contributed by atoms with Crippen molar-refractivity contribution < 1.29 is 4.79 Å². The van der Waals surface area contributed by atoms with Gasteiger partial charge in [-0.1, -0.05) is 40.9 Å². The van der Waals surface area contributed by atoms with E-state index in [1.165, 1.54) is 0 Å². The lowest BCUT2D eigenvalue weighted by atomic mass is 10.1. The third-order valence-corrected chi connectivity index (χ3v) is 3.81. The second-order valence-electron chi connectivity index (χ2n) is 5.35. The van der Waals surface area contributed by atoms with Crippen molar-refractivity contribution >= 4 is 41.1 Å². The fraction of sp³-hybridized carbons (Fsp3) is 0.286. The highest BCUT2D eigenvalue weighted by Crippen LogP contribution is 2.38. The number of nitrogens with zero attached hydrogens (tertiary/aromatic N) is 2. The Balaban J connectivity index is 2.79. The third kappa shape index (κ3) is 2.58. The van der Waals surface area contributed by atoms with Gasteiger partial charge in [0.15, 0.2) is 6.29 Å². The monoisotopic (exact) mass is 330 g/mol. The van der Waals surface area contributed by atoms with Crippen LogP contribution in [0, 0.1) is 0 Å². The molecule has 0 aliphatic rings. The van der Waals surface area contributed by atoms with Crippen molar-refractivity contribution in [3.63, 3.8) is 0 Å². The van der Waals surface area contributed by atoms with Crippen molar-refractivity contribution in [2.24, 2.45) is 0 Å². The molecule has 2 aromatic rings. The van der Waals surface area contributed by atoms with Gasteiger partial charge < -0.3 is 0 Å². The van der Waals surface area contributed by atoms with Crippen LogP contribution in [-0.4, -0.2) is 16.1 Å². The topological polar surface area (TPSA) is 34.9 Å². The third-order valence-electron chi connectivity index (χ3n) is 2.82. The summed E-state index contributed by atoms with van der Waals surface area (Å²) in [6.45, 7) is 5.83. The van der Waals surface area contributed by atoms with E-state index >= 15 is 0 Å². The molecule has 0 aliphatic heterocycles. The summed E-state index contributed by atoms with van der Waals surface area (Å²) in [6.07, 6.45) is 0.673. The van der Waals surface area contributed by atoms with Gasteiger partial charge in [0.25, 0.3) is 0 Å². The Morgan fingerprint density at radius 1 is 1.15 bits per heavy atom. The first-order valence-corrected chi connectivity index (χ1v) is 7.09. The molecular formula is C14H13Cl3N2O. The number of carbonyl (C=O) groups excluding carboxylic acids is 1. The summed E-state index contributed by atoms with van der Waals surface area (Å²) in [5.41, 5.74) is 0.843. The van der Waals surface area contributed by atoms with E-state index in [2.05, 4.69) is 5.10 Å². The van der Waals surface area contributed by atoms with E-state index < -0.39 is 0 Å². The molecule has 3 nitrogen and oxygen atoms in total. The Morgan fingerprint density at radius 2 is 1.70 bits per heavy atom. The van der Waals surface area contributed by atoms with E-state index in [1.54, 1.807) is 22.9 Å². The SMILES string of the molecule is CC(C)(C)n1nc(-c2c(Cl)cccc2Cl)c(C=O)c1Cl. The van der Waals surface area contributed by atoms with Crippen molar-refractivity contribution in [2.45, 2.75) is 26.3 Å². The van der Waals surface area contributed by atoms with E-state index in [4.69, 9.17) is 34.8 Å². The molecule has 20 heavy (non-hydrogen) atoms. The quantitative estimate of drug-likeness (QED) is 0.719. The first kappa shape index (κ1) is 15.4. The molecule has 1 aromatic carbocycles. The number of carbonyl (C=O) groups is 1. The summed E-state index contributed by atoms with van der Waals surface area (Å²) >= 11 is 18.6. The molecular weight excluding hydrogens is 319 g/mol. The van der Waals surface area contributed by atoms with Crippen molar-refractivity contribution in [2.75, 3.05) is 0 Å². The highest BCUT2D eigenvalue weighted by atomic mass is 35.5. The minimum absolute atomic E-state index is 0.276. The second kappa shape index (κ2) is 5.40. The number of aromatic nitrogens is 2. The highest BCUT2D eigenvalue weighted by Gasteiger charge is 2.26. The predicted octanol–water partition coefficient (Wildman–Crippen LogP) is 5.08. The number of benzene rings is 1. The molecule has 0 saturated carbocycles. The van der Waals surface area contributed by atoms with Crippen LogP contribution in [0.1, 0.15) is 31.1 Å². The van der Waals surface area contributed by atoms with Crippen molar-refractivity contribution in [3.8, 4) is 11.3 Å². The number of aldehydes is 1. The van der Waals surface area contributed by atoms with Crippen LogP contribution in [-0.2, 0) is 5.54 Å². The lowest BCUT2D eigenvalue weighted by Crippen LogP contribution is -2.23. The van der Waals surface area contributed by atoms with E-state index in [1.807, 2.05) is 20.8 Å². The largest absolute Gasteiger partial charge is 0.298 e. The van der Waals surface area contributed by atoms with Crippen LogP contribution in [0.2, 0.25) is 15.2 Å². The second-order valence-corrected chi connectivity index (χ2v) is 6.52. The Bertz CT molecular complexity index is 652. The maximum absolute atomic E-state index is 11.4. The first-order chi connectivity index (χ1) is 9.27. The number of halogens is 3. The van der Waals surface area contributed by atoms with Gasteiger partial charge in [-0.15, -0.1) is 0 Å². The molecule has 0 amide bonds. The van der Waals surface area contributed by atoms with Crippen LogP contribution < -0.4 is 0 Å². The van der Waals surface area contributed by atoms with Crippen molar-refractivity contribution in [3.05, 3.63) is 39.0 Å². The molecule has 0 radical (unpaired) electrons. The molecule has 0 N–H and O–H groups in total. The van der Waals surface area contributed by atoms with Gasteiger partial charge in [0, 0.05) is 5.56 Å². The average molecular weight is 332 g/mol. The summed E-state index contributed by atoms with van der Waals surface area (Å²) in [5, 5.41) is 5.56. The Hall–Kier alpha value is -1.03. The maximum atomic E-state index is 11.4. The van der Waals surface area contributed by atoms with Crippen LogP contribution >= 0.6 is 34.8 Å². The first-order valence-electron chi connectivity index (χ1n) is 5.96. The molecule has 0 aliphatic carbocycles. The molecule has 2 rings (SSSR count). The van der Waals surface area contributed by atoms with Gasteiger partial charge in [-0.2, -0.15) is 5.10 Å². The molecule has 6 heteroatoms. The summed E-state index contributed by atoms with van der Waals surface area (Å²) in [4.78, 5) is 11.4. The van der Waals surface area contributed by atoms with Gasteiger partial charge in [0.2, 0.25) is 0 Å². The molecule has 0 saturated heterocycles. The summed E-state index contributed by atoms with van der Waals surface area (Å²) < 4.78 is 1.59. The minimum Gasteiger partial charge on any atom is -0.298 e. The molecule has 0 bridgehead atoms. The van der Waals surface area contributed by atoms with Gasteiger partial charge in [-0.05, 0) is 32.9 Å². The van der Waals surface area contributed by atoms with Crippen molar-refractivity contribution in [1.29, 1.82) is 0 Å². The Labute approximate surface area is 132 Å². The average Bonchev–Trinajstić information content (AvgIpc) is 2.66. The molecule has 1 aromatic heterocycles. The van der Waals surface area contributed by atoms with E-state index in [0.717, 1.165) is 0 Å². The van der Waals surface area contributed by atoms with Gasteiger partial charge in [0.05, 0.1) is 21.1 Å². The number of hydrogen-bond donors (Lipinski definition) is 0. The van der Waals surface area contributed by atoms with Gasteiger partial charge >= 0.3 is 0 Å². The predicted molar refractivity (Wildman–Crippen MR) is 83.1 cm³/mol. The summed E-state index contributed by atoms with van der Waals surface area (Å²) in [5.74, 6) is 0. The normalized spacial score (nSPS) is 11.7. The van der Waals surface area contributed by atoms with Gasteiger partial charge in [-0.3, -0.25) is 4.79 Å². The minimum atomic E-state index is -0.360. The zero-order chi connectivity index (χ0) is 15.1. The Morgan fingerprint density at radius 3 is 2.15 bits per heavy atom. The van der Waals surface area contributed by atoms with Crippen molar-refractivity contribution in [1.82, 2.24) is 9.78 Å².